The molecule has 0 aliphatic carbocycles. The highest BCUT2D eigenvalue weighted by Gasteiger charge is 2.48. The van der Waals surface area contributed by atoms with E-state index in [1.54, 1.807) is 6.20 Å². The summed E-state index contributed by atoms with van der Waals surface area (Å²) in [6.07, 6.45) is 5.55. The Balaban J connectivity index is 1.36. The minimum absolute atomic E-state index is 0.0393. The Morgan fingerprint density at radius 1 is 1.13 bits per heavy atom. The smallest absolute Gasteiger partial charge is 0.131 e. The van der Waals surface area contributed by atoms with Crippen LogP contribution in [0.2, 0.25) is 5.02 Å². The standard InChI is InChI=1S/C31H35ClN2O4/c1-30(2)21-34(16-13-31(30,36)22-7-9-23(32)10-8-22)15-4-6-25-26-5-3-14-33-28(26)20-38-29-12-11-24(19-27(25)29)37-18-17-35/h3,5-12,14,19,35-36H,4,13,15-18,20-21H2,1-2H3. The van der Waals surface area contributed by atoms with Crippen molar-refractivity contribution in [1.29, 1.82) is 0 Å². The van der Waals surface area contributed by atoms with Gasteiger partial charge in [-0.15, -0.1) is 0 Å². The van der Waals surface area contributed by atoms with E-state index in [-0.39, 0.29) is 18.6 Å². The Morgan fingerprint density at radius 3 is 2.71 bits per heavy atom. The van der Waals surface area contributed by atoms with Gasteiger partial charge >= 0.3 is 0 Å². The lowest BCUT2D eigenvalue weighted by molar-refractivity contribution is -0.125. The summed E-state index contributed by atoms with van der Waals surface area (Å²) in [5.74, 6) is 1.48. The summed E-state index contributed by atoms with van der Waals surface area (Å²) in [5, 5.41) is 21.6. The van der Waals surface area contributed by atoms with Crippen molar-refractivity contribution in [1.82, 2.24) is 9.88 Å². The number of aliphatic hydroxyl groups excluding tert-OH is 1. The fourth-order valence-corrected chi connectivity index (χ4v) is 5.80. The Kier molecular flexibility index (Phi) is 7.78. The average molecular weight is 535 g/mol. The first kappa shape index (κ1) is 26.7. The number of ether oxygens (including phenoxy) is 2. The largest absolute Gasteiger partial charge is 0.491 e. The molecule has 2 N–H and O–H groups in total. The van der Waals surface area contributed by atoms with Crippen LogP contribution in [-0.2, 0) is 12.2 Å². The van der Waals surface area contributed by atoms with Gasteiger partial charge in [-0.3, -0.25) is 4.98 Å². The minimum Gasteiger partial charge on any atom is -0.491 e. The molecule has 0 spiro atoms. The third-order valence-corrected chi connectivity index (χ3v) is 8.04. The predicted octanol–water partition coefficient (Wildman–Crippen LogP) is 5.44. The molecule has 1 atom stereocenters. The number of likely N-dealkylation sites (tertiary alicyclic amines) is 1. The van der Waals surface area contributed by atoms with Crippen LogP contribution in [0.4, 0.5) is 0 Å². The van der Waals surface area contributed by atoms with E-state index in [1.807, 2.05) is 48.5 Å². The van der Waals surface area contributed by atoms with E-state index < -0.39 is 5.60 Å². The summed E-state index contributed by atoms with van der Waals surface area (Å²) in [6.45, 7) is 7.35. The van der Waals surface area contributed by atoms with E-state index in [0.29, 0.717) is 23.8 Å². The molecule has 38 heavy (non-hydrogen) atoms. The molecular formula is C31H35ClN2O4. The van der Waals surface area contributed by atoms with Gasteiger partial charge in [0.05, 0.1) is 17.9 Å². The lowest BCUT2D eigenvalue weighted by Gasteiger charge is -2.50. The first-order valence-corrected chi connectivity index (χ1v) is 13.5. The third-order valence-electron chi connectivity index (χ3n) is 7.79. The second-order valence-corrected chi connectivity index (χ2v) is 11.1. The fourth-order valence-electron chi connectivity index (χ4n) is 5.68. The molecule has 0 amide bonds. The molecule has 0 bridgehead atoms. The maximum Gasteiger partial charge on any atom is 0.131 e. The summed E-state index contributed by atoms with van der Waals surface area (Å²) in [5.41, 5.74) is 3.69. The number of nitrogens with zero attached hydrogens (tertiary/aromatic N) is 2. The molecule has 0 radical (unpaired) electrons. The first-order chi connectivity index (χ1) is 18.3. The molecule has 5 rings (SSSR count). The van der Waals surface area contributed by atoms with Crippen LogP contribution in [0.5, 0.6) is 11.5 Å². The van der Waals surface area contributed by atoms with Crippen LogP contribution in [0.3, 0.4) is 0 Å². The third kappa shape index (κ3) is 5.32. The number of pyridine rings is 1. The number of piperidine rings is 1. The highest BCUT2D eigenvalue weighted by atomic mass is 35.5. The van der Waals surface area contributed by atoms with Gasteiger partial charge in [0.25, 0.3) is 0 Å². The summed E-state index contributed by atoms with van der Waals surface area (Å²) in [4.78, 5) is 7.01. The molecule has 1 aromatic heterocycles. The maximum absolute atomic E-state index is 11.7. The quantitative estimate of drug-likeness (QED) is 0.420. The molecule has 1 saturated heterocycles. The normalized spacial score (nSPS) is 21.8. The van der Waals surface area contributed by atoms with Crippen LogP contribution in [0.15, 0.2) is 66.9 Å². The van der Waals surface area contributed by atoms with Crippen molar-refractivity contribution < 1.29 is 19.7 Å². The molecule has 7 heteroatoms. The van der Waals surface area contributed by atoms with Gasteiger partial charge in [0, 0.05) is 47.4 Å². The van der Waals surface area contributed by atoms with Gasteiger partial charge in [-0.2, -0.15) is 0 Å². The van der Waals surface area contributed by atoms with Gasteiger partial charge in [-0.05, 0) is 60.4 Å². The molecule has 0 saturated carbocycles. The van der Waals surface area contributed by atoms with Crippen molar-refractivity contribution in [3.05, 3.63) is 94.3 Å². The van der Waals surface area contributed by atoms with Gasteiger partial charge in [0.2, 0.25) is 0 Å². The number of halogens is 1. The Hall–Kier alpha value is -2.90. The van der Waals surface area contributed by atoms with Crippen LogP contribution in [-0.4, -0.2) is 52.9 Å². The van der Waals surface area contributed by atoms with Gasteiger partial charge in [0.15, 0.2) is 0 Å². The average Bonchev–Trinajstić information content (AvgIpc) is 3.06. The van der Waals surface area contributed by atoms with E-state index in [1.165, 1.54) is 0 Å². The van der Waals surface area contributed by atoms with Crippen molar-refractivity contribution >= 4 is 17.2 Å². The van der Waals surface area contributed by atoms with Crippen LogP contribution in [0.25, 0.3) is 5.57 Å². The van der Waals surface area contributed by atoms with Crippen molar-refractivity contribution in [2.24, 2.45) is 5.41 Å². The monoisotopic (exact) mass is 534 g/mol. The molecule has 2 aliphatic rings. The molecule has 2 aromatic carbocycles. The van der Waals surface area contributed by atoms with Crippen LogP contribution in [0.1, 0.15) is 49.1 Å². The summed E-state index contributed by atoms with van der Waals surface area (Å²) < 4.78 is 11.8. The summed E-state index contributed by atoms with van der Waals surface area (Å²) in [6, 6.07) is 17.4. The SMILES string of the molecule is CC1(C)CN(CCC=C2c3cc(OCCO)ccc3OCc3ncccc32)CCC1(O)c1ccc(Cl)cc1. The number of hydrogen-bond acceptors (Lipinski definition) is 6. The van der Waals surface area contributed by atoms with Crippen LogP contribution < -0.4 is 9.47 Å². The summed E-state index contributed by atoms with van der Waals surface area (Å²) in [7, 11) is 0. The fraction of sp³-hybridized carbons (Fsp3) is 0.387. The van der Waals surface area contributed by atoms with Crippen LogP contribution >= 0.6 is 11.6 Å². The topological polar surface area (TPSA) is 75.1 Å². The minimum atomic E-state index is -0.903. The first-order valence-electron chi connectivity index (χ1n) is 13.2. The highest BCUT2D eigenvalue weighted by molar-refractivity contribution is 6.30. The Morgan fingerprint density at radius 2 is 1.95 bits per heavy atom. The zero-order valence-electron chi connectivity index (χ0n) is 22.0. The van der Waals surface area contributed by atoms with Crippen molar-refractivity contribution in [3.8, 4) is 11.5 Å². The molecule has 3 aromatic rings. The second kappa shape index (κ2) is 11.1. The highest BCUT2D eigenvalue weighted by Crippen LogP contribution is 2.46. The molecular weight excluding hydrogens is 500 g/mol. The zero-order valence-corrected chi connectivity index (χ0v) is 22.7. The van der Waals surface area contributed by atoms with Gasteiger partial charge < -0.3 is 24.6 Å². The van der Waals surface area contributed by atoms with E-state index in [2.05, 4.69) is 35.9 Å². The zero-order chi connectivity index (χ0) is 26.8. The molecule has 3 heterocycles. The van der Waals surface area contributed by atoms with E-state index >= 15 is 0 Å². The number of benzene rings is 2. The number of fused-ring (bicyclic) bond motifs is 2. The van der Waals surface area contributed by atoms with Crippen molar-refractivity contribution in [3.63, 3.8) is 0 Å². The second-order valence-electron chi connectivity index (χ2n) is 10.7. The lowest BCUT2D eigenvalue weighted by atomic mass is 9.66. The number of hydrogen-bond donors (Lipinski definition) is 2. The molecule has 200 valence electrons. The van der Waals surface area contributed by atoms with E-state index in [9.17, 15) is 10.2 Å². The van der Waals surface area contributed by atoms with E-state index in [0.717, 1.165) is 59.8 Å². The number of aliphatic hydroxyl groups is 2. The molecule has 2 aliphatic heterocycles. The Labute approximate surface area is 229 Å². The van der Waals surface area contributed by atoms with Gasteiger partial charge in [-0.25, -0.2) is 0 Å². The van der Waals surface area contributed by atoms with Gasteiger partial charge in [0.1, 0.15) is 24.7 Å². The van der Waals surface area contributed by atoms with Crippen molar-refractivity contribution in [2.75, 3.05) is 32.8 Å². The summed E-state index contributed by atoms with van der Waals surface area (Å²) >= 11 is 6.09. The lowest BCUT2D eigenvalue weighted by Crippen LogP contribution is -2.55. The van der Waals surface area contributed by atoms with Crippen molar-refractivity contribution in [2.45, 2.75) is 38.9 Å². The Bertz CT molecular complexity index is 1310. The molecule has 1 fully saturated rings. The molecule has 6 nitrogen and oxygen atoms in total. The number of aromatic nitrogens is 1. The van der Waals surface area contributed by atoms with E-state index in [4.69, 9.17) is 21.1 Å². The predicted molar refractivity (Wildman–Crippen MR) is 149 cm³/mol. The van der Waals surface area contributed by atoms with Crippen LogP contribution in [0, 0.1) is 5.41 Å². The molecule has 1 unspecified atom stereocenters. The van der Waals surface area contributed by atoms with Gasteiger partial charge in [-0.1, -0.05) is 49.7 Å². The maximum atomic E-state index is 11.7. The number of rotatable bonds is 7.